The molecule has 0 saturated heterocycles. The fourth-order valence-corrected chi connectivity index (χ4v) is 2.55. The molecule has 0 saturated carbocycles. The summed E-state index contributed by atoms with van der Waals surface area (Å²) in [5.74, 6) is 0.143. The summed E-state index contributed by atoms with van der Waals surface area (Å²) < 4.78 is 4.83. The smallest absolute Gasteiger partial charge is 0.306 e. The Labute approximate surface area is 128 Å². The third-order valence-electron chi connectivity index (χ3n) is 3.87. The van der Waals surface area contributed by atoms with Gasteiger partial charge in [-0.2, -0.15) is 0 Å². The Morgan fingerprint density at radius 2 is 1.76 bits per heavy atom. The van der Waals surface area contributed by atoms with Crippen molar-refractivity contribution in [3.05, 3.63) is 29.3 Å². The van der Waals surface area contributed by atoms with Crippen LogP contribution < -0.4 is 0 Å². The topological polar surface area (TPSA) is 46.5 Å². The fraction of sp³-hybridized carbons (Fsp3) is 0.611. The Morgan fingerprint density at radius 3 is 2.19 bits per heavy atom. The molecule has 1 aromatic carbocycles. The number of phenolic OH excluding ortho intramolecular Hbond substituents is 1. The van der Waals surface area contributed by atoms with Crippen LogP contribution in [0.4, 0.5) is 0 Å². The first kappa shape index (κ1) is 17.5. The molecular formula is C18H28O3. The van der Waals surface area contributed by atoms with Crippen molar-refractivity contribution in [3.63, 3.8) is 0 Å². The van der Waals surface area contributed by atoms with Gasteiger partial charge in [0.1, 0.15) is 5.75 Å². The van der Waals surface area contributed by atoms with E-state index in [2.05, 4.69) is 41.5 Å². The molecule has 3 heteroatoms. The first-order chi connectivity index (χ1) is 9.46. The van der Waals surface area contributed by atoms with Crippen molar-refractivity contribution >= 4 is 5.97 Å². The molecule has 0 fully saturated rings. The number of ether oxygens (including phenoxy) is 1. The molecule has 1 atom stereocenters. The van der Waals surface area contributed by atoms with Crippen LogP contribution in [0.15, 0.2) is 18.2 Å². The largest absolute Gasteiger partial charge is 0.508 e. The van der Waals surface area contributed by atoms with Crippen LogP contribution in [-0.2, 0) is 14.9 Å². The lowest BCUT2D eigenvalue weighted by Gasteiger charge is -2.32. The molecule has 0 aromatic heterocycles. The number of rotatable bonds is 3. The lowest BCUT2D eigenvalue weighted by Crippen LogP contribution is -2.23. The molecule has 1 N–H and O–H groups in total. The van der Waals surface area contributed by atoms with E-state index in [0.717, 1.165) is 11.1 Å². The molecular weight excluding hydrogens is 264 g/mol. The Hall–Kier alpha value is -1.51. The highest BCUT2D eigenvalue weighted by atomic mass is 16.5. The van der Waals surface area contributed by atoms with Crippen LogP contribution in [0.3, 0.4) is 0 Å². The van der Waals surface area contributed by atoms with Gasteiger partial charge in [0.25, 0.3) is 0 Å². The molecule has 0 bridgehead atoms. The highest BCUT2D eigenvalue weighted by Crippen LogP contribution is 2.41. The number of hydrogen-bond donors (Lipinski definition) is 1. The summed E-state index contributed by atoms with van der Waals surface area (Å²) in [5, 5.41) is 10.1. The first-order valence-corrected chi connectivity index (χ1v) is 7.37. The number of phenols is 1. The van der Waals surface area contributed by atoms with Crippen LogP contribution in [0, 0.1) is 5.41 Å². The summed E-state index contributed by atoms with van der Waals surface area (Å²) >= 11 is 0. The number of carbonyl (C=O) groups is 1. The number of aromatic hydroxyl groups is 1. The molecule has 0 heterocycles. The van der Waals surface area contributed by atoms with Gasteiger partial charge in [-0.1, -0.05) is 53.7 Å². The van der Waals surface area contributed by atoms with Crippen molar-refractivity contribution < 1.29 is 14.6 Å². The van der Waals surface area contributed by atoms with Crippen molar-refractivity contribution in [1.29, 1.82) is 0 Å². The Kier molecular flexibility index (Phi) is 5.08. The second kappa shape index (κ2) is 6.08. The zero-order chi connectivity index (χ0) is 16.4. The van der Waals surface area contributed by atoms with E-state index >= 15 is 0 Å². The first-order valence-electron chi connectivity index (χ1n) is 7.37. The second-order valence-corrected chi connectivity index (χ2v) is 7.73. The summed E-state index contributed by atoms with van der Waals surface area (Å²) in [7, 11) is 1.42. The van der Waals surface area contributed by atoms with Crippen LogP contribution >= 0.6 is 0 Å². The SMILES string of the molecule is COC(=O)CC(c1ccc(O)c(C(C)(C)C)c1)C(C)(C)C. The third-order valence-corrected chi connectivity index (χ3v) is 3.87. The molecule has 0 amide bonds. The lowest BCUT2D eigenvalue weighted by molar-refractivity contribution is -0.141. The highest BCUT2D eigenvalue weighted by Gasteiger charge is 2.30. The predicted octanol–water partition coefficient (Wildman–Crippen LogP) is 4.38. The molecule has 0 radical (unpaired) electrons. The molecule has 0 aliphatic carbocycles. The van der Waals surface area contributed by atoms with E-state index in [9.17, 15) is 9.90 Å². The van der Waals surface area contributed by atoms with Gasteiger partial charge in [-0.05, 0) is 33.9 Å². The fourth-order valence-electron chi connectivity index (χ4n) is 2.55. The van der Waals surface area contributed by atoms with Crippen molar-refractivity contribution in [3.8, 4) is 5.75 Å². The van der Waals surface area contributed by atoms with E-state index in [1.165, 1.54) is 7.11 Å². The normalized spacial score (nSPS) is 13.9. The van der Waals surface area contributed by atoms with Gasteiger partial charge < -0.3 is 9.84 Å². The van der Waals surface area contributed by atoms with Crippen molar-refractivity contribution in [2.75, 3.05) is 7.11 Å². The second-order valence-electron chi connectivity index (χ2n) is 7.73. The van der Waals surface area contributed by atoms with Gasteiger partial charge in [-0.3, -0.25) is 4.79 Å². The number of benzene rings is 1. The molecule has 0 spiro atoms. The number of hydrogen-bond acceptors (Lipinski definition) is 3. The zero-order valence-corrected chi connectivity index (χ0v) is 14.3. The molecule has 118 valence electrons. The standard InChI is InChI=1S/C18H28O3/c1-17(2,3)13(11-16(20)21-7)12-8-9-15(19)14(10-12)18(4,5)6/h8-10,13,19H,11H2,1-7H3. The number of carbonyl (C=O) groups excluding carboxylic acids is 1. The van der Waals surface area contributed by atoms with Gasteiger partial charge in [0.15, 0.2) is 0 Å². The van der Waals surface area contributed by atoms with E-state index in [1.807, 2.05) is 12.1 Å². The van der Waals surface area contributed by atoms with Crippen LogP contribution in [0.25, 0.3) is 0 Å². The average Bonchev–Trinajstić information content (AvgIpc) is 2.33. The van der Waals surface area contributed by atoms with Crippen LogP contribution in [0.2, 0.25) is 0 Å². The average molecular weight is 292 g/mol. The maximum Gasteiger partial charge on any atom is 0.306 e. The van der Waals surface area contributed by atoms with E-state index in [-0.39, 0.29) is 22.7 Å². The van der Waals surface area contributed by atoms with Gasteiger partial charge in [-0.15, -0.1) is 0 Å². The number of methoxy groups -OCH3 is 1. The van der Waals surface area contributed by atoms with Gasteiger partial charge >= 0.3 is 5.97 Å². The quantitative estimate of drug-likeness (QED) is 0.841. The summed E-state index contributed by atoms with van der Waals surface area (Å²) in [5.41, 5.74) is 1.75. The summed E-state index contributed by atoms with van der Waals surface area (Å²) in [6.45, 7) is 12.5. The Balaban J connectivity index is 3.29. The van der Waals surface area contributed by atoms with E-state index in [4.69, 9.17) is 4.74 Å². The summed E-state index contributed by atoms with van der Waals surface area (Å²) in [4.78, 5) is 11.7. The van der Waals surface area contributed by atoms with Crippen molar-refractivity contribution in [2.24, 2.45) is 5.41 Å². The van der Waals surface area contributed by atoms with E-state index in [1.54, 1.807) is 6.07 Å². The number of esters is 1. The molecule has 0 aliphatic heterocycles. The maximum absolute atomic E-state index is 11.7. The Bertz CT molecular complexity index is 504. The van der Waals surface area contributed by atoms with Crippen LogP contribution in [0.1, 0.15) is 65.0 Å². The van der Waals surface area contributed by atoms with Crippen LogP contribution in [0.5, 0.6) is 5.75 Å². The Morgan fingerprint density at radius 1 is 1.19 bits per heavy atom. The minimum absolute atomic E-state index is 0.0478. The molecule has 21 heavy (non-hydrogen) atoms. The minimum Gasteiger partial charge on any atom is -0.508 e. The minimum atomic E-state index is -0.208. The van der Waals surface area contributed by atoms with Gasteiger partial charge in [-0.25, -0.2) is 0 Å². The molecule has 1 aromatic rings. The van der Waals surface area contributed by atoms with Gasteiger partial charge in [0.2, 0.25) is 0 Å². The maximum atomic E-state index is 11.7. The molecule has 1 rings (SSSR count). The zero-order valence-electron chi connectivity index (χ0n) is 14.3. The van der Waals surface area contributed by atoms with Crippen molar-refractivity contribution in [1.82, 2.24) is 0 Å². The molecule has 1 unspecified atom stereocenters. The highest BCUT2D eigenvalue weighted by molar-refractivity contribution is 5.70. The summed E-state index contributed by atoms with van der Waals surface area (Å²) in [6.07, 6.45) is 0.342. The molecule has 0 aliphatic rings. The van der Waals surface area contributed by atoms with E-state index < -0.39 is 0 Å². The van der Waals surface area contributed by atoms with Gasteiger partial charge in [0, 0.05) is 0 Å². The third kappa shape index (κ3) is 4.48. The van der Waals surface area contributed by atoms with Crippen LogP contribution in [-0.4, -0.2) is 18.2 Å². The molecule has 3 nitrogen and oxygen atoms in total. The van der Waals surface area contributed by atoms with E-state index in [0.29, 0.717) is 12.2 Å². The van der Waals surface area contributed by atoms with Crippen molar-refractivity contribution in [2.45, 2.75) is 59.3 Å². The monoisotopic (exact) mass is 292 g/mol. The lowest BCUT2D eigenvalue weighted by atomic mass is 9.73. The van der Waals surface area contributed by atoms with Gasteiger partial charge in [0.05, 0.1) is 13.5 Å². The predicted molar refractivity (Wildman–Crippen MR) is 85.6 cm³/mol. The summed E-state index contributed by atoms with van der Waals surface area (Å²) in [6, 6.07) is 5.66.